The van der Waals surface area contributed by atoms with Gasteiger partial charge in [-0.2, -0.15) is 0 Å². The van der Waals surface area contributed by atoms with Crippen molar-refractivity contribution in [2.75, 3.05) is 0 Å². The number of rotatable bonds is 5. The summed E-state index contributed by atoms with van der Waals surface area (Å²) >= 11 is 0. The second-order valence-corrected chi connectivity index (χ2v) is 14.1. The molecule has 5 heteroatoms. The van der Waals surface area contributed by atoms with E-state index in [0.717, 1.165) is 66.9 Å². The first-order valence-corrected chi connectivity index (χ1v) is 17.7. The average Bonchev–Trinajstić information content (AvgIpc) is 3.75. The summed E-state index contributed by atoms with van der Waals surface area (Å²) in [5.74, 6) is 2.23. The molecule has 1 aliphatic carbocycles. The lowest BCUT2D eigenvalue weighted by Crippen LogP contribution is -2.36. The fraction of sp³-hybridized carbons (Fsp3) is 0.0851. The van der Waals surface area contributed by atoms with Crippen LogP contribution in [0.3, 0.4) is 0 Å². The highest BCUT2D eigenvalue weighted by Crippen LogP contribution is 2.53. The topological polar surface area (TPSA) is 62.8 Å². The molecule has 8 aromatic rings. The lowest BCUT2D eigenvalue weighted by Gasteiger charge is -2.26. The maximum atomic E-state index is 6.28. The van der Waals surface area contributed by atoms with E-state index >= 15 is 0 Å². The van der Waals surface area contributed by atoms with Crippen LogP contribution >= 0.6 is 0 Å². The molecule has 0 spiro atoms. The van der Waals surface area contributed by atoms with Gasteiger partial charge in [-0.25, -0.2) is 15.0 Å². The highest BCUT2D eigenvalue weighted by Gasteiger charge is 2.39. The van der Waals surface area contributed by atoms with Crippen LogP contribution in [0, 0.1) is 0 Å². The first kappa shape index (κ1) is 30.3. The van der Waals surface area contributed by atoms with E-state index in [1.165, 1.54) is 22.3 Å². The minimum absolute atomic E-state index is 0.220. The van der Waals surface area contributed by atoms with Crippen LogP contribution < -0.4 is 5.32 Å². The summed E-state index contributed by atoms with van der Waals surface area (Å²) in [5, 5.41) is 5.74. The molecule has 2 aliphatic rings. The Balaban J connectivity index is 1.20. The Kier molecular flexibility index (Phi) is 6.83. The first-order chi connectivity index (χ1) is 25.5. The van der Waals surface area contributed by atoms with Crippen LogP contribution in [-0.2, 0) is 5.41 Å². The van der Waals surface area contributed by atoms with Crippen molar-refractivity contribution < 1.29 is 4.42 Å². The van der Waals surface area contributed by atoms with Crippen molar-refractivity contribution in [2.45, 2.75) is 25.4 Å². The van der Waals surface area contributed by atoms with Gasteiger partial charge in [0.1, 0.15) is 17.2 Å². The zero-order chi connectivity index (χ0) is 34.8. The van der Waals surface area contributed by atoms with Crippen LogP contribution in [0.4, 0.5) is 0 Å². The number of fused-ring (bicyclic) bond motifs is 6. The van der Waals surface area contributed by atoms with Crippen LogP contribution in [-0.4, -0.2) is 16.7 Å². The minimum atomic E-state index is -0.474. The normalized spacial score (nSPS) is 14.8. The second-order valence-electron chi connectivity index (χ2n) is 14.1. The number of nitrogens with zero attached hydrogens (tertiary/aromatic N) is 3. The van der Waals surface area contributed by atoms with Crippen molar-refractivity contribution in [2.24, 2.45) is 9.98 Å². The van der Waals surface area contributed by atoms with E-state index in [4.69, 9.17) is 19.4 Å². The molecular weight excluding hydrogens is 637 g/mol. The van der Waals surface area contributed by atoms with Crippen LogP contribution in [0.25, 0.3) is 55.6 Å². The third-order valence-electron chi connectivity index (χ3n) is 10.6. The summed E-state index contributed by atoms with van der Waals surface area (Å²) in [5.41, 5.74) is 12.8. The number of benzene rings is 7. The summed E-state index contributed by atoms with van der Waals surface area (Å²) < 4.78 is 6.28. The third kappa shape index (κ3) is 4.89. The van der Waals surface area contributed by atoms with Gasteiger partial charge in [0.25, 0.3) is 0 Å². The van der Waals surface area contributed by atoms with Crippen LogP contribution in [0.1, 0.15) is 47.8 Å². The van der Waals surface area contributed by atoms with Gasteiger partial charge in [0, 0.05) is 33.1 Å². The SMILES string of the molecule is CC1(C)c2ccccc2-c2c(C3N=C(c4ccccc4)NC(c4ccccc4)=N3)cc(-c3ccc4ccc5oc(-c6ccccc6)nc5c4c3)cc21. The van der Waals surface area contributed by atoms with E-state index in [1.807, 2.05) is 72.8 Å². The van der Waals surface area contributed by atoms with Gasteiger partial charge < -0.3 is 9.73 Å². The summed E-state index contributed by atoms with van der Waals surface area (Å²) in [6, 6.07) is 55.0. The standard InChI is InChI=1S/C47H34N4O/c1-47(2)38-21-13-12-20-35(38)41-37(45-50-43(30-14-6-3-7-15-30)49-44(51-45)31-16-8-4-9-17-31)27-34(28-39(41)47)33-23-22-29-24-25-40-42(36(29)26-33)48-46(52-40)32-18-10-5-11-19-32/h3-28,45H,1-2H3,(H,49,50,51). The van der Waals surface area contributed by atoms with Crippen molar-refractivity contribution in [3.05, 3.63) is 186 Å². The van der Waals surface area contributed by atoms with E-state index < -0.39 is 6.17 Å². The molecule has 0 saturated carbocycles. The van der Waals surface area contributed by atoms with Crippen molar-refractivity contribution in [1.29, 1.82) is 0 Å². The fourth-order valence-electron chi connectivity index (χ4n) is 7.89. The maximum Gasteiger partial charge on any atom is 0.227 e. The van der Waals surface area contributed by atoms with Crippen molar-refractivity contribution in [3.8, 4) is 33.7 Å². The molecule has 1 aromatic heterocycles. The molecule has 0 fully saturated rings. The fourth-order valence-corrected chi connectivity index (χ4v) is 7.89. The zero-order valence-electron chi connectivity index (χ0n) is 28.8. The van der Waals surface area contributed by atoms with Gasteiger partial charge in [0.15, 0.2) is 11.7 Å². The highest BCUT2D eigenvalue weighted by molar-refractivity contribution is 6.16. The number of hydrogen-bond acceptors (Lipinski definition) is 5. The van der Waals surface area contributed by atoms with Crippen LogP contribution in [0.2, 0.25) is 0 Å². The predicted molar refractivity (Wildman–Crippen MR) is 212 cm³/mol. The van der Waals surface area contributed by atoms with Gasteiger partial charge in [-0.3, -0.25) is 0 Å². The summed E-state index contributed by atoms with van der Waals surface area (Å²) in [6.45, 7) is 4.66. The Bertz CT molecular complexity index is 2670. The van der Waals surface area contributed by atoms with E-state index in [2.05, 4.69) is 104 Å². The molecule has 10 rings (SSSR count). The Labute approximate surface area is 302 Å². The molecule has 248 valence electrons. The Hall–Kier alpha value is -6.59. The number of hydrogen-bond donors (Lipinski definition) is 1. The summed E-state index contributed by atoms with van der Waals surface area (Å²) in [6.07, 6.45) is -0.474. The Morgan fingerprint density at radius 3 is 1.87 bits per heavy atom. The van der Waals surface area contributed by atoms with Crippen molar-refractivity contribution >= 4 is 33.5 Å². The van der Waals surface area contributed by atoms with E-state index in [-0.39, 0.29) is 5.41 Å². The quantitative estimate of drug-likeness (QED) is 0.198. The molecule has 0 atom stereocenters. The highest BCUT2D eigenvalue weighted by atomic mass is 16.3. The number of aromatic nitrogens is 1. The lowest BCUT2D eigenvalue weighted by atomic mass is 9.80. The smallest absolute Gasteiger partial charge is 0.227 e. The predicted octanol–water partition coefficient (Wildman–Crippen LogP) is 11.1. The van der Waals surface area contributed by atoms with E-state index in [0.29, 0.717) is 5.89 Å². The van der Waals surface area contributed by atoms with Crippen molar-refractivity contribution in [3.63, 3.8) is 0 Å². The zero-order valence-corrected chi connectivity index (χ0v) is 28.8. The molecule has 0 radical (unpaired) electrons. The number of aliphatic imine (C=N–C) groups is 2. The van der Waals surface area contributed by atoms with Crippen molar-refractivity contribution in [1.82, 2.24) is 10.3 Å². The molecule has 1 aliphatic heterocycles. The number of oxazole rings is 1. The molecule has 5 nitrogen and oxygen atoms in total. The second kappa shape index (κ2) is 11.7. The monoisotopic (exact) mass is 670 g/mol. The van der Waals surface area contributed by atoms with Gasteiger partial charge in [0.05, 0.1) is 0 Å². The van der Waals surface area contributed by atoms with Gasteiger partial charge in [-0.15, -0.1) is 0 Å². The van der Waals surface area contributed by atoms with Gasteiger partial charge >= 0.3 is 0 Å². The molecule has 0 bridgehead atoms. The molecular formula is C47H34N4O. The summed E-state index contributed by atoms with van der Waals surface area (Å²) in [7, 11) is 0. The molecule has 0 saturated heterocycles. The molecule has 52 heavy (non-hydrogen) atoms. The van der Waals surface area contributed by atoms with Gasteiger partial charge in [-0.1, -0.05) is 135 Å². The lowest BCUT2D eigenvalue weighted by molar-refractivity contribution is 0.620. The largest absolute Gasteiger partial charge is 0.436 e. The molecule has 7 aromatic carbocycles. The Morgan fingerprint density at radius 1 is 0.558 bits per heavy atom. The van der Waals surface area contributed by atoms with E-state index in [1.54, 1.807) is 0 Å². The third-order valence-corrected chi connectivity index (χ3v) is 10.6. The Morgan fingerprint density at radius 2 is 1.17 bits per heavy atom. The number of nitrogens with one attached hydrogen (secondary N) is 1. The molecule has 2 heterocycles. The van der Waals surface area contributed by atoms with Gasteiger partial charge in [-0.05, 0) is 75.2 Å². The molecule has 1 N–H and O–H groups in total. The van der Waals surface area contributed by atoms with E-state index in [9.17, 15) is 0 Å². The van der Waals surface area contributed by atoms with Gasteiger partial charge in [0.2, 0.25) is 5.89 Å². The van der Waals surface area contributed by atoms with Crippen LogP contribution in [0.15, 0.2) is 172 Å². The van der Waals surface area contributed by atoms with Crippen LogP contribution in [0.5, 0.6) is 0 Å². The minimum Gasteiger partial charge on any atom is -0.436 e. The molecule has 0 unspecified atom stereocenters. The average molecular weight is 671 g/mol. The first-order valence-electron chi connectivity index (χ1n) is 17.7. The maximum absolute atomic E-state index is 6.28. The molecule has 0 amide bonds. The number of amidine groups is 2. The summed E-state index contributed by atoms with van der Waals surface area (Å²) in [4.78, 5) is 15.7.